The Morgan fingerprint density at radius 2 is 1.46 bits per heavy atom. The van der Waals surface area contributed by atoms with E-state index >= 15 is 0 Å². The molecule has 0 spiro atoms. The smallest absolute Gasteiger partial charge is 0.391 e. The number of aromatic nitrogens is 1. The Labute approximate surface area is 638 Å². The minimum Gasteiger partial charge on any atom is -0.391 e. The third-order valence-electron chi connectivity index (χ3n) is 19.9. The number of benzene rings is 5. The number of allylic oxidation sites excluding steroid dienone is 1. The van der Waals surface area contributed by atoms with Crippen LogP contribution in [-0.4, -0.2) is 210 Å². The number of thiazole rings is 1. The number of ether oxygens (including phenoxy) is 2. The van der Waals surface area contributed by atoms with Crippen LogP contribution in [0.15, 0.2) is 147 Å². The Kier molecular flexibility index (Phi) is 27.6. The topological polar surface area (TPSA) is 270 Å². The van der Waals surface area contributed by atoms with Gasteiger partial charge >= 0.3 is 5.51 Å². The van der Waals surface area contributed by atoms with Crippen LogP contribution < -0.4 is 25.6 Å². The number of rotatable bonds is 30. The molecule has 30 heteroatoms. The van der Waals surface area contributed by atoms with E-state index in [0.717, 1.165) is 83.3 Å². The monoisotopic (exact) mass is 1570 g/mol. The molecule has 6 aromatic rings. The maximum absolute atomic E-state index is 14.6. The number of amides is 5. The van der Waals surface area contributed by atoms with Crippen molar-refractivity contribution in [3.05, 3.63) is 160 Å². The van der Waals surface area contributed by atoms with Crippen LogP contribution in [0.5, 0.6) is 0 Å². The molecule has 1 aliphatic carbocycles. The molecular formula is C77H96ClF3N10O12S4. The van der Waals surface area contributed by atoms with Gasteiger partial charge in [-0.3, -0.25) is 33.8 Å². The van der Waals surface area contributed by atoms with Gasteiger partial charge in [0.15, 0.2) is 0 Å². The van der Waals surface area contributed by atoms with E-state index in [2.05, 4.69) is 61.6 Å². The van der Waals surface area contributed by atoms with Gasteiger partial charge in [-0.2, -0.15) is 13.2 Å². The summed E-state index contributed by atoms with van der Waals surface area (Å²) in [5, 5.41) is 20.2. The van der Waals surface area contributed by atoms with Gasteiger partial charge < -0.3 is 45.2 Å². The molecule has 3 fully saturated rings. The summed E-state index contributed by atoms with van der Waals surface area (Å²) in [7, 11) is -11.1. The van der Waals surface area contributed by atoms with E-state index in [-0.39, 0.29) is 68.5 Å². The number of alkyl halides is 3. The maximum Gasteiger partial charge on any atom is 0.501 e. The van der Waals surface area contributed by atoms with Crippen LogP contribution in [0.25, 0.3) is 16.0 Å². The first-order valence-corrected chi connectivity index (χ1v) is 41.2. The number of hydrogen-bond acceptors (Lipinski definition) is 19. The molecule has 0 bridgehead atoms. The average molecular weight is 1570 g/mol. The number of β-amino-alcohol motifs (C(OH)–C–C–N with tert-alkyl or cyclic N) is 1. The largest absolute Gasteiger partial charge is 0.501 e. The number of likely N-dealkylation sites (tertiary alicyclic amines) is 1. The van der Waals surface area contributed by atoms with E-state index < -0.39 is 100 Å². The second-order valence-corrected chi connectivity index (χ2v) is 35.6. The van der Waals surface area contributed by atoms with E-state index in [1.165, 1.54) is 45.5 Å². The molecule has 578 valence electrons. The van der Waals surface area contributed by atoms with Crippen molar-refractivity contribution in [2.75, 3.05) is 114 Å². The molecule has 3 saturated heterocycles. The van der Waals surface area contributed by atoms with Gasteiger partial charge in [0.1, 0.15) is 30.2 Å². The zero-order valence-electron chi connectivity index (χ0n) is 61.3. The van der Waals surface area contributed by atoms with Gasteiger partial charge in [-0.1, -0.05) is 106 Å². The number of carbonyl (C=O) groups excluding carboxylic acids is 5. The summed E-state index contributed by atoms with van der Waals surface area (Å²) < 4.78 is 112. The van der Waals surface area contributed by atoms with Gasteiger partial charge in [-0.05, 0) is 146 Å². The van der Waals surface area contributed by atoms with E-state index in [0.29, 0.717) is 63.3 Å². The predicted molar refractivity (Wildman–Crippen MR) is 410 cm³/mol. The van der Waals surface area contributed by atoms with Crippen LogP contribution in [0, 0.1) is 17.8 Å². The second kappa shape index (κ2) is 35.9. The number of nitrogens with zero attached hydrogens (tertiary/aromatic N) is 6. The highest BCUT2D eigenvalue weighted by atomic mass is 35.5. The molecule has 107 heavy (non-hydrogen) atoms. The molecule has 3 aliphatic heterocycles. The summed E-state index contributed by atoms with van der Waals surface area (Å²) in [5.41, 5.74) is 2.41. The maximum atomic E-state index is 14.6. The number of anilines is 2. The summed E-state index contributed by atoms with van der Waals surface area (Å²) in [5.74, 6) is -2.59. The summed E-state index contributed by atoms with van der Waals surface area (Å²) >= 11 is 9.15. The Balaban J connectivity index is 0.669. The zero-order chi connectivity index (χ0) is 77.0. The lowest BCUT2D eigenvalue weighted by Crippen LogP contribution is -2.58. The molecule has 5 atom stereocenters. The first-order valence-electron chi connectivity index (χ1n) is 36.0. The van der Waals surface area contributed by atoms with Crippen LogP contribution in [0.4, 0.5) is 24.5 Å². The predicted octanol–water partition coefficient (Wildman–Crippen LogP) is 10.9. The fourth-order valence-corrected chi connectivity index (χ4v) is 17.7. The van der Waals surface area contributed by atoms with Crippen molar-refractivity contribution < 1.29 is 68.6 Å². The fourth-order valence-electron chi connectivity index (χ4n) is 13.8. The van der Waals surface area contributed by atoms with Gasteiger partial charge in [0.25, 0.3) is 25.8 Å². The molecule has 1 aromatic heterocycles. The highest BCUT2D eigenvalue weighted by molar-refractivity contribution is 7.99. The molecule has 22 nitrogen and oxygen atoms in total. The average Bonchev–Trinajstić information content (AvgIpc) is 1.17. The number of hydrogen-bond donors (Lipinski definition) is 5. The number of aliphatic hydroxyl groups excluding tert-OH is 1. The number of aliphatic hydroxyl groups is 1. The van der Waals surface area contributed by atoms with Crippen molar-refractivity contribution in [2.45, 2.75) is 137 Å². The minimum atomic E-state index is -6.19. The summed E-state index contributed by atoms with van der Waals surface area (Å²) in [6, 6.07) is 30.5. The molecule has 5 N–H and O–H groups in total. The number of thioether (sulfide) groups is 1. The van der Waals surface area contributed by atoms with Crippen molar-refractivity contribution >= 4 is 101 Å². The van der Waals surface area contributed by atoms with Crippen molar-refractivity contribution in [3.8, 4) is 10.4 Å². The van der Waals surface area contributed by atoms with E-state index in [9.17, 15) is 59.1 Å². The normalized spacial score (nSPS) is 18.6. The summed E-state index contributed by atoms with van der Waals surface area (Å²) in [4.78, 5) is 81.8. The van der Waals surface area contributed by atoms with Crippen molar-refractivity contribution in [3.63, 3.8) is 0 Å². The second-order valence-electron chi connectivity index (χ2n) is 29.6. The third kappa shape index (κ3) is 22.0. The van der Waals surface area contributed by atoms with E-state index in [4.69, 9.17) is 21.1 Å². The Hall–Kier alpha value is -7.45. The SMILES string of the molecule is Cc1ncsc1-c1ccc([C@H](C)NC(=O)[C@@H]2C[C@@H](O)CN2C(=O)[C@@H](NC(=O)COCCCOCC(=O)N2CCN(CC[C@H](CSc3ccccc3)Nc3ccc(S(=O)(=O)NC(=O)c4ccc(N5CCN(CC6=C(c7ccc(Cl)cc7)CCC(C)(C)C6)CC5)cc4)cc3S(=O)(=O)C(F)(F)F)CC2)C(C)(C)C)cc1. The van der Waals surface area contributed by atoms with Gasteiger partial charge in [-0.15, -0.1) is 23.1 Å². The summed E-state index contributed by atoms with van der Waals surface area (Å²) in [6.45, 7) is 19.0. The highest BCUT2D eigenvalue weighted by Crippen LogP contribution is 2.44. The van der Waals surface area contributed by atoms with E-state index in [1.54, 1.807) is 54.7 Å². The molecule has 10 rings (SSSR count). The minimum absolute atomic E-state index is 0.0301. The lowest BCUT2D eigenvalue weighted by atomic mass is 9.73. The number of sulfone groups is 1. The number of halogens is 4. The standard InChI is InChI=1S/C77H96ClF3N10O12S4/c1-51(53-14-16-55(17-15-53)70-52(2)82-50-105-70)83-73(96)66-42-61(92)46-91(66)74(97)71(75(3,4)5)85-68(93)47-102-40-11-41-103-48-69(94)90-38-32-87(33-39-90)31-29-59(49-104-62-12-9-8-10-13-62)84-65-27-26-63(43-67(65)106(98,99)77(79,80)81)107(100,101)86-72(95)56-20-24-60(25-21-56)89-36-34-88(35-37-89)45-57-44-76(6,7)30-28-64(57)54-18-22-58(78)23-19-54/h8-10,12-27,43,50-51,59,61,66,71,84,92H,11,28-42,44-49H2,1-7H3,(H,83,96)(H,85,93)(H,86,95)/t51-,59+,61+,66-,71+/m0/s1. The van der Waals surface area contributed by atoms with Crippen LogP contribution in [0.3, 0.4) is 0 Å². The van der Waals surface area contributed by atoms with Crippen LogP contribution in [0.1, 0.15) is 113 Å². The Morgan fingerprint density at radius 3 is 2.10 bits per heavy atom. The molecule has 4 heterocycles. The molecule has 5 amide bonds. The summed E-state index contributed by atoms with van der Waals surface area (Å²) in [6.07, 6.45) is 2.77. The number of piperazine rings is 2. The lowest BCUT2D eigenvalue weighted by Gasteiger charge is -2.39. The zero-order valence-corrected chi connectivity index (χ0v) is 65.4. The van der Waals surface area contributed by atoms with Crippen molar-refractivity contribution in [1.29, 1.82) is 0 Å². The first-order chi connectivity index (χ1) is 50.7. The molecule has 0 saturated carbocycles. The van der Waals surface area contributed by atoms with Crippen molar-refractivity contribution in [2.24, 2.45) is 10.8 Å². The lowest BCUT2D eigenvalue weighted by molar-refractivity contribution is -0.144. The van der Waals surface area contributed by atoms with Crippen LogP contribution in [-0.2, 0) is 48.5 Å². The number of nitrogens with one attached hydrogen (secondary N) is 4. The highest BCUT2D eigenvalue weighted by Gasteiger charge is 2.49. The van der Waals surface area contributed by atoms with Crippen molar-refractivity contribution in [1.82, 2.24) is 39.9 Å². The fraction of sp³-hybridized carbons (Fsp3) is 0.481. The molecule has 4 aliphatic rings. The Morgan fingerprint density at radius 1 is 0.804 bits per heavy atom. The van der Waals surface area contributed by atoms with Gasteiger partial charge in [0, 0.05) is 125 Å². The van der Waals surface area contributed by atoms with Crippen LogP contribution in [0.2, 0.25) is 5.02 Å². The third-order valence-corrected chi connectivity index (χ3v) is 25.2. The molecule has 0 radical (unpaired) electrons. The molecule has 5 aromatic carbocycles. The number of carbonyl (C=O) groups is 5. The van der Waals surface area contributed by atoms with Gasteiger partial charge in [-0.25, -0.2) is 26.5 Å². The van der Waals surface area contributed by atoms with Gasteiger partial charge in [0.05, 0.1) is 38.8 Å². The molecular weight excluding hydrogens is 1480 g/mol. The Bertz CT molecular complexity index is 4340. The number of aryl methyl sites for hydroxylation is 1. The quantitative estimate of drug-likeness (QED) is 0.0207. The van der Waals surface area contributed by atoms with Crippen LogP contribution >= 0.6 is 34.7 Å². The number of sulfonamides is 1. The van der Waals surface area contributed by atoms with Gasteiger partial charge in [0.2, 0.25) is 23.6 Å². The van der Waals surface area contributed by atoms with E-state index in [1.807, 2.05) is 85.3 Å². The first kappa shape index (κ1) is 82.1. The molecule has 0 unspecified atom stereocenters.